The van der Waals surface area contributed by atoms with E-state index in [-0.39, 0.29) is 0 Å². The fourth-order valence-electron chi connectivity index (χ4n) is 1.22. The minimum absolute atomic E-state index is 0.986. The van der Waals surface area contributed by atoms with Gasteiger partial charge < -0.3 is 5.32 Å². The Labute approximate surface area is 85.9 Å². The molecular weight excluding hydrogens is 174 g/mol. The lowest BCUT2D eigenvalue weighted by molar-refractivity contribution is 0.248. The molecule has 0 bridgehead atoms. The molecule has 0 aliphatic carbocycles. The molecule has 0 saturated carbocycles. The summed E-state index contributed by atoms with van der Waals surface area (Å²) in [5.74, 6) is 5.43. The Hall–Kier alpha value is -0.900. The largest absolute Gasteiger partial charge is 0.314 e. The lowest BCUT2D eigenvalue weighted by Crippen LogP contribution is -2.47. The van der Waals surface area contributed by atoms with E-state index in [4.69, 9.17) is 5.84 Å². The van der Waals surface area contributed by atoms with E-state index in [0.717, 1.165) is 26.2 Å². The summed E-state index contributed by atoms with van der Waals surface area (Å²) in [5, 5.41) is 5.02. The van der Waals surface area contributed by atoms with Gasteiger partial charge in [-0.05, 0) is 6.92 Å². The minimum atomic E-state index is 0.986. The third kappa shape index (κ3) is 4.97. The number of nitrogens with two attached hydrogens (primary N) is 1. The second kappa shape index (κ2) is 6.54. The van der Waals surface area contributed by atoms with Gasteiger partial charge in [-0.25, -0.2) is 5.01 Å². The molecule has 1 aliphatic heterocycles. The lowest BCUT2D eigenvalue weighted by atomic mass is 10.2. The topological polar surface area (TPSA) is 41.3 Å². The van der Waals surface area contributed by atoms with Gasteiger partial charge in [-0.2, -0.15) is 0 Å². The fraction of sp³-hybridized carbons (Fsp3) is 0.455. The summed E-state index contributed by atoms with van der Waals surface area (Å²) in [4.78, 5) is 0. The zero-order chi connectivity index (χ0) is 10.2. The monoisotopic (exact) mass is 193 g/mol. The molecule has 1 fully saturated rings. The van der Waals surface area contributed by atoms with Gasteiger partial charge in [-0.3, -0.25) is 5.84 Å². The first-order chi connectivity index (χ1) is 6.79. The molecule has 0 aromatic heterocycles. The van der Waals surface area contributed by atoms with Crippen molar-refractivity contribution in [3.8, 4) is 0 Å². The van der Waals surface area contributed by atoms with Crippen LogP contribution in [0.1, 0.15) is 5.56 Å². The van der Waals surface area contributed by atoms with Crippen LogP contribution in [0, 0.1) is 6.92 Å². The van der Waals surface area contributed by atoms with Gasteiger partial charge in [0.1, 0.15) is 0 Å². The number of nitrogens with zero attached hydrogens (tertiary/aromatic N) is 1. The van der Waals surface area contributed by atoms with Crippen molar-refractivity contribution in [1.82, 2.24) is 10.3 Å². The highest BCUT2D eigenvalue weighted by Gasteiger charge is 2.01. The van der Waals surface area contributed by atoms with Crippen molar-refractivity contribution in [1.29, 1.82) is 0 Å². The summed E-state index contributed by atoms with van der Waals surface area (Å²) in [5.41, 5.74) is 1.32. The number of nitrogens with one attached hydrogen (secondary N) is 1. The van der Waals surface area contributed by atoms with Gasteiger partial charge in [0.05, 0.1) is 0 Å². The highest BCUT2D eigenvalue weighted by atomic mass is 15.4. The Morgan fingerprint density at radius 1 is 1.14 bits per heavy atom. The number of hydrogen-bond acceptors (Lipinski definition) is 3. The van der Waals surface area contributed by atoms with Gasteiger partial charge in [0.25, 0.3) is 0 Å². The quantitative estimate of drug-likeness (QED) is 0.598. The highest BCUT2D eigenvalue weighted by molar-refractivity contribution is 5.11. The van der Waals surface area contributed by atoms with E-state index in [1.165, 1.54) is 5.56 Å². The second-order valence-corrected chi connectivity index (χ2v) is 3.44. The summed E-state index contributed by atoms with van der Waals surface area (Å²) in [6.07, 6.45) is 0. The first-order valence-corrected chi connectivity index (χ1v) is 5.01. The van der Waals surface area contributed by atoms with Crippen LogP contribution in [0.2, 0.25) is 0 Å². The Balaban J connectivity index is 0.000000140. The number of piperazine rings is 1. The van der Waals surface area contributed by atoms with Crippen LogP contribution in [0.5, 0.6) is 0 Å². The summed E-state index contributed by atoms with van der Waals surface area (Å²) < 4.78 is 0. The van der Waals surface area contributed by atoms with Gasteiger partial charge in [-0.1, -0.05) is 35.9 Å². The molecule has 0 unspecified atom stereocenters. The summed E-state index contributed by atoms with van der Waals surface area (Å²) >= 11 is 0. The Morgan fingerprint density at radius 2 is 1.71 bits per heavy atom. The van der Waals surface area contributed by atoms with E-state index in [0.29, 0.717) is 0 Å². The number of rotatable bonds is 0. The Morgan fingerprint density at radius 3 is 2.00 bits per heavy atom. The lowest BCUT2D eigenvalue weighted by Gasteiger charge is -2.21. The van der Waals surface area contributed by atoms with Crippen LogP contribution in [0.4, 0.5) is 0 Å². The van der Waals surface area contributed by atoms with Crippen molar-refractivity contribution in [3.63, 3.8) is 0 Å². The van der Waals surface area contributed by atoms with Gasteiger partial charge in [0.15, 0.2) is 0 Å². The SMILES string of the molecule is Cc1ccccc1.NN1CCNCC1. The smallest absolute Gasteiger partial charge is 0.0254 e. The molecule has 0 spiro atoms. The molecule has 2 rings (SSSR count). The van der Waals surface area contributed by atoms with Crippen LogP contribution in [-0.4, -0.2) is 31.2 Å². The molecule has 0 radical (unpaired) electrons. The normalized spacial score (nSPS) is 17.0. The molecule has 1 aliphatic rings. The van der Waals surface area contributed by atoms with Gasteiger partial charge >= 0.3 is 0 Å². The molecule has 1 heterocycles. The zero-order valence-corrected chi connectivity index (χ0v) is 8.74. The third-order valence-electron chi connectivity index (χ3n) is 2.09. The number of benzene rings is 1. The summed E-state index contributed by atoms with van der Waals surface area (Å²) in [7, 11) is 0. The molecule has 0 atom stereocenters. The number of hydrogen-bond donors (Lipinski definition) is 2. The van der Waals surface area contributed by atoms with Crippen LogP contribution in [0.25, 0.3) is 0 Å². The maximum absolute atomic E-state index is 5.43. The van der Waals surface area contributed by atoms with Crippen LogP contribution < -0.4 is 11.2 Å². The predicted molar refractivity (Wildman–Crippen MR) is 59.8 cm³/mol. The van der Waals surface area contributed by atoms with E-state index >= 15 is 0 Å². The molecule has 14 heavy (non-hydrogen) atoms. The van der Waals surface area contributed by atoms with Crippen molar-refractivity contribution in [2.75, 3.05) is 26.2 Å². The van der Waals surface area contributed by atoms with Gasteiger partial charge in [0.2, 0.25) is 0 Å². The first-order valence-electron chi connectivity index (χ1n) is 5.01. The second-order valence-electron chi connectivity index (χ2n) is 3.44. The molecule has 3 nitrogen and oxygen atoms in total. The van der Waals surface area contributed by atoms with Crippen molar-refractivity contribution in [2.24, 2.45) is 5.84 Å². The predicted octanol–water partition coefficient (Wildman–Crippen LogP) is 0.760. The maximum Gasteiger partial charge on any atom is 0.0254 e. The Kier molecular flexibility index (Phi) is 5.22. The van der Waals surface area contributed by atoms with Crippen molar-refractivity contribution >= 4 is 0 Å². The van der Waals surface area contributed by atoms with Crippen molar-refractivity contribution in [3.05, 3.63) is 35.9 Å². The molecule has 78 valence electrons. The van der Waals surface area contributed by atoms with Gasteiger partial charge in [0, 0.05) is 26.2 Å². The average Bonchev–Trinajstić information content (AvgIpc) is 2.21. The van der Waals surface area contributed by atoms with E-state index in [2.05, 4.69) is 24.4 Å². The highest BCUT2D eigenvalue weighted by Crippen LogP contribution is 1.92. The third-order valence-corrected chi connectivity index (χ3v) is 2.09. The molecule has 1 aromatic carbocycles. The fourth-order valence-corrected chi connectivity index (χ4v) is 1.22. The number of hydrazine groups is 1. The summed E-state index contributed by atoms with van der Waals surface area (Å²) in [6.45, 7) is 6.13. The van der Waals surface area contributed by atoms with Crippen molar-refractivity contribution in [2.45, 2.75) is 6.92 Å². The number of aryl methyl sites for hydroxylation is 1. The van der Waals surface area contributed by atoms with E-state index < -0.39 is 0 Å². The Bertz CT molecular complexity index is 230. The maximum atomic E-state index is 5.43. The summed E-state index contributed by atoms with van der Waals surface area (Å²) in [6, 6.07) is 10.3. The molecule has 1 aromatic rings. The van der Waals surface area contributed by atoms with Crippen molar-refractivity contribution < 1.29 is 0 Å². The van der Waals surface area contributed by atoms with Crippen LogP contribution >= 0.6 is 0 Å². The molecule has 3 N–H and O–H groups in total. The zero-order valence-electron chi connectivity index (χ0n) is 8.74. The molecular formula is C11H19N3. The molecule has 1 saturated heterocycles. The molecule has 3 heteroatoms. The van der Waals surface area contributed by atoms with Crippen LogP contribution in [0.15, 0.2) is 30.3 Å². The van der Waals surface area contributed by atoms with Crippen LogP contribution in [0.3, 0.4) is 0 Å². The van der Waals surface area contributed by atoms with E-state index in [1.54, 1.807) is 0 Å². The van der Waals surface area contributed by atoms with E-state index in [9.17, 15) is 0 Å². The standard InChI is InChI=1S/C7H8.C4H11N3/c1-7-5-3-2-4-6-7;5-7-3-1-6-2-4-7/h2-6H,1H3;6H,1-5H2. The van der Waals surface area contributed by atoms with Gasteiger partial charge in [-0.15, -0.1) is 0 Å². The van der Waals surface area contributed by atoms with E-state index in [1.807, 2.05) is 23.2 Å². The first kappa shape index (κ1) is 11.2. The van der Waals surface area contributed by atoms with Crippen LogP contribution in [-0.2, 0) is 0 Å². The minimum Gasteiger partial charge on any atom is -0.314 e. The molecule has 0 amide bonds. The average molecular weight is 193 g/mol.